The van der Waals surface area contributed by atoms with Gasteiger partial charge in [0, 0.05) is 0 Å². The normalized spacial score (nSPS) is 11.7. The van der Waals surface area contributed by atoms with Crippen LogP contribution in [0.25, 0.3) is 0 Å². The molecule has 0 amide bonds. The van der Waals surface area contributed by atoms with Crippen LogP contribution in [0.4, 0.5) is 4.39 Å². The molecule has 12 heavy (non-hydrogen) atoms. The number of hydrogen-bond donors (Lipinski definition) is 0. The Balaban J connectivity index is 2.71. The van der Waals surface area contributed by atoms with E-state index in [1.54, 1.807) is 12.1 Å². The van der Waals surface area contributed by atoms with Crippen LogP contribution < -0.4 is 0 Å². The molecule has 0 bridgehead atoms. The van der Waals surface area contributed by atoms with Gasteiger partial charge in [0.2, 0.25) is 0 Å². The van der Waals surface area contributed by atoms with Crippen LogP contribution in [0.1, 0.15) is 5.56 Å². The molecule has 0 fully saturated rings. The van der Waals surface area contributed by atoms with Crippen LogP contribution in [-0.2, 0) is 5.25 Å². The molecule has 0 saturated heterocycles. The Kier molecular flexibility index (Phi) is 2.94. The Morgan fingerprint density at radius 1 is 1.08 bits per heavy atom. The van der Waals surface area contributed by atoms with Crippen molar-refractivity contribution in [2.75, 3.05) is 0 Å². The average molecular weight is 227 g/mol. The van der Waals surface area contributed by atoms with Gasteiger partial charge in [-0.05, 0) is 0 Å². The fourth-order valence-electron chi connectivity index (χ4n) is 1.21. The molecule has 0 nitrogen and oxygen atoms in total. The van der Waals surface area contributed by atoms with Crippen molar-refractivity contribution in [1.82, 2.24) is 0 Å². The van der Waals surface area contributed by atoms with E-state index in [1.807, 2.05) is 12.1 Å². The fourth-order valence-corrected chi connectivity index (χ4v) is 4.28. The van der Waals surface area contributed by atoms with Crippen molar-refractivity contribution < 1.29 is 4.39 Å². The summed E-state index contributed by atoms with van der Waals surface area (Å²) in [7, 11) is 0. The van der Waals surface area contributed by atoms with Gasteiger partial charge in [-0.2, -0.15) is 0 Å². The molecule has 0 heterocycles. The molecule has 0 spiro atoms. The first-order valence-electron chi connectivity index (χ1n) is 4.22. The van der Waals surface area contributed by atoms with Gasteiger partial charge in [-0.3, -0.25) is 0 Å². The van der Waals surface area contributed by atoms with Crippen molar-refractivity contribution >= 4 is 13.3 Å². The van der Waals surface area contributed by atoms with Crippen molar-refractivity contribution in [2.45, 2.75) is 22.5 Å². The average Bonchev–Trinajstić information content (AvgIpc) is 1.91. The van der Waals surface area contributed by atoms with Crippen LogP contribution in [0.2, 0.25) is 17.3 Å². The Hall–Kier alpha value is -0.307. The molecule has 0 radical (unpaired) electrons. The molecule has 0 aliphatic heterocycles. The van der Waals surface area contributed by atoms with Crippen molar-refractivity contribution in [3.8, 4) is 0 Å². The molecule has 1 aromatic rings. The molecular formula is C10H15FGe. The third-order valence-electron chi connectivity index (χ3n) is 1.65. The maximum absolute atomic E-state index is 12.5. The molecule has 0 aliphatic rings. The van der Waals surface area contributed by atoms with E-state index >= 15 is 0 Å². The summed E-state index contributed by atoms with van der Waals surface area (Å²) < 4.78 is 12.5. The summed E-state index contributed by atoms with van der Waals surface area (Å²) in [6.45, 7) is 0. The van der Waals surface area contributed by atoms with Crippen molar-refractivity contribution in [1.29, 1.82) is 0 Å². The summed E-state index contributed by atoms with van der Waals surface area (Å²) in [5.41, 5.74) is 1.28. The van der Waals surface area contributed by atoms with Crippen LogP contribution in [0.5, 0.6) is 0 Å². The van der Waals surface area contributed by atoms with E-state index in [0.29, 0.717) is 0 Å². The number of benzene rings is 1. The van der Waals surface area contributed by atoms with Crippen LogP contribution >= 0.6 is 0 Å². The van der Waals surface area contributed by atoms with Gasteiger partial charge in [0.1, 0.15) is 0 Å². The molecule has 2 heteroatoms. The second-order valence-electron chi connectivity index (χ2n) is 4.36. The van der Waals surface area contributed by atoms with Gasteiger partial charge in [0.15, 0.2) is 0 Å². The third kappa shape index (κ3) is 3.39. The summed E-state index contributed by atoms with van der Waals surface area (Å²) in [6, 6.07) is 6.88. The van der Waals surface area contributed by atoms with E-state index in [9.17, 15) is 4.39 Å². The van der Waals surface area contributed by atoms with E-state index < -0.39 is 13.3 Å². The van der Waals surface area contributed by atoms with Crippen LogP contribution in [0.15, 0.2) is 24.3 Å². The quantitative estimate of drug-likeness (QED) is 0.680. The molecule has 0 N–H and O–H groups in total. The predicted molar refractivity (Wildman–Crippen MR) is 53.5 cm³/mol. The first-order chi connectivity index (χ1) is 5.47. The molecule has 1 rings (SSSR count). The summed E-state index contributed by atoms with van der Waals surface area (Å²) in [4.78, 5) is 0. The minimum atomic E-state index is -1.50. The summed E-state index contributed by atoms with van der Waals surface area (Å²) in [5, 5.41) is 1.18. The van der Waals surface area contributed by atoms with E-state index in [0.717, 1.165) is 0 Å². The number of halogens is 1. The first kappa shape index (κ1) is 9.78. The second-order valence-corrected chi connectivity index (χ2v) is 15.9. The summed E-state index contributed by atoms with van der Waals surface area (Å²) >= 11 is -1.50. The maximum atomic E-state index is 12.5. The molecular weight excluding hydrogens is 212 g/mol. The zero-order chi connectivity index (χ0) is 9.19. The number of hydrogen-bond acceptors (Lipinski definition) is 0. The SMILES string of the molecule is [CH3][Ge]([CH3])([CH3])[CH2]c1ccc(F)cc1. The molecule has 66 valence electrons. The Morgan fingerprint density at radius 3 is 2.00 bits per heavy atom. The van der Waals surface area contributed by atoms with Crippen molar-refractivity contribution in [3.63, 3.8) is 0 Å². The molecule has 0 aromatic heterocycles. The van der Waals surface area contributed by atoms with Crippen LogP contribution in [0, 0.1) is 5.82 Å². The minimum absolute atomic E-state index is 0.139. The molecule has 0 aliphatic carbocycles. The van der Waals surface area contributed by atoms with Gasteiger partial charge < -0.3 is 0 Å². The number of rotatable bonds is 2. The van der Waals surface area contributed by atoms with Crippen LogP contribution in [0.3, 0.4) is 0 Å². The Labute approximate surface area is 76.2 Å². The summed E-state index contributed by atoms with van der Waals surface area (Å²) in [5.74, 6) is 6.95. The van der Waals surface area contributed by atoms with Gasteiger partial charge in [-0.1, -0.05) is 0 Å². The standard InChI is InChI=1S/C10H15FGe/c1-12(2,3)8-9-4-6-10(11)7-5-9/h4-7H,8H2,1-3H3. The van der Waals surface area contributed by atoms with Gasteiger partial charge >= 0.3 is 75.8 Å². The zero-order valence-corrected chi connectivity index (χ0v) is 9.99. The molecule has 1 aromatic carbocycles. The van der Waals surface area contributed by atoms with Crippen LogP contribution in [-0.4, -0.2) is 13.3 Å². The monoisotopic (exact) mass is 228 g/mol. The van der Waals surface area contributed by atoms with Crippen molar-refractivity contribution in [3.05, 3.63) is 35.6 Å². The predicted octanol–water partition coefficient (Wildman–Crippen LogP) is 3.25. The third-order valence-corrected chi connectivity index (χ3v) is 4.73. The second kappa shape index (κ2) is 3.61. The fraction of sp³-hybridized carbons (Fsp3) is 0.400. The molecule has 0 saturated carbocycles. The Morgan fingerprint density at radius 2 is 1.58 bits per heavy atom. The van der Waals surface area contributed by atoms with E-state index in [-0.39, 0.29) is 5.82 Å². The van der Waals surface area contributed by atoms with E-state index in [2.05, 4.69) is 17.3 Å². The van der Waals surface area contributed by atoms with Gasteiger partial charge in [-0.25, -0.2) is 0 Å². The summed E-state index contributed by atoms with van der Waals surface area (Å²) in [6.07, 6.45) is 0. The van der Waals surface area contributed by atoms with Gasteiger partial charge in [0.25, 0.3) is 0 Å². The molecule has 0 atom stereocenters. The van der Waals surface area contributed by atoms with Gasteiger partial charge in [0.05, 0.1) is 0 Å². The molecule has 0 unspecified atom stereocenters. The van der Waals surface area contributed by atoms with Crippen molar-refractivity contribution in [2.24, 2.45) is 0 Å². The zero-order valence-electron chi connectivity index (χ0n) is 7.89. The topological polar surface area (TPSA) is 0 Å². The van der Waals surface area contributed by atoms with E-state index in [4.69, 9.17) is 0 Å². The van der Waals surface area contributed by atoms with Gasteiger partial charge in [-0.15, -0.1) is 0 Å². The Bertz CT molecular complexity index is 246. The van der Waals surface area contributed by atoms with E-state index in [1.165, 1.54) is 10.8 Å². The first-order valence-corrected chi connectivity index (χ1v) is 12.0.